The van der Waals surface area contributed by atoms with Gasteiger partial charge in [-0.3, -0.25) is 9.59 Å². The molecule has 2 unspecified atom stereocenters. The number of fused-ring (bicyclic) bond motifs is 2. The lowest BCUT2D eigenvalue weighted by Crippen LogP contribution is -2.50. The maximum Gasteiger partial charge on any atom is 0.257 e. The molecule has 3 heterocycles. The molecule has 0 aliphatic carbocycles. The van der Waals surface area contributed by atoms with Crippen LogP contribution in [0.2, 0.25) is 0 Å². The largest absolute Gasteiger partial charge is 0.496 e. The first kappa shape index (κ1) is 28.4. The molecule has 1 aromatic heterocycles. The molecule has 5 rings (SSSR count). The van der Waals surface area contributed by atoms with Gasteiger partial charge in [-0.1, -0.05) is 6.07 Å². The second kappa shape index (κ2) is 12.6. The van der Waals surface area contributed by atoms with Crippen LogP contribution in [-0.4, -0.2) is 74.2 Å². The summed E-state index contributed by atoms with van der Waals surface area (Å²) in [5.74, 6) is 2.10. The minimum Gasteiger partial charge on any atom is -0.496 e. The zero-order valence-electron chi connectivity index (χ0n) is 24.2. The fourth-order valence-electron chi connectivity index (χ4n) is 5.87. The van der Waals surface area contributed by atoms with Crippen molar-refractivity contribution in [3.05, 3.63) is 77.5 Å². The number of ether oxygens (including phenoxy) is 2. The Hall–Kier alpha value is -4.11. The minimum absolute atomic E-state index is 0.0563. The smallest absolute Gasteiger partial charge is 0.257 e. The Bertz CT molecular complexity index is 1350. The van der Waals surface area contributed by atoms with Crippen LogP contribution in [0.4, 0.5) is 11.5 Å². The van der Waals surface area contributed by atoms with Crippen molar-refractivity contribution in [2.75, 3.05) is 44.6 Å². The van der Waals surface area contributed by atoms with Crippen LogP contribution in [0.15, 0.2) is 60.8 Å². The van der Waals surface area contributed by atoms with Crippen molar-refractivity contribution in [1.82, 2.24) is 15.2 Å². The summed E-state index contributed by atoms with van der Waals surface area (Å²) in [7, 11) is 5.62. The number of hydrogen-bond donors (Lipinski definition) is 2. The molecule has 2 saturated heterocycles. The maximum absolute atomic E-state index is 13.1. The molecule has 9 nitrogen and oxygen atoms in total. The Morgan fingerprint density at radius 2 is 1.73 bits per heavy atom. The fourth-order valence-corrected chi connectivity index (χ4v) is 5.87. The summed E-state index contributed by atoms with van der Waals surface area (Å²) >= 11 is 0. The van der Waals surface area contributed by atoms with Gasteiger partial charge in [0.25, 0.3) is 11.8 Å². The highest BCUT2D eigenvalue weighted by molar-refractivity contribution is 6.04. The lowest BCUT2D eigenvalue weighted by molar-refractivity contribution is 0.0925. The number of amides is 2. The van der Waals surface area contributed by atoms with Gasteiger partial charge in [0.1, 0.15) is 23.9 Å². The molecule has 216 valence electrons. The molecule has 2 fully saturated rings. The number of rotatable bonds is 10. The van der Waals surface area contributed by atoms with Gasteiger partial charge in [-0.2, -0.15) is 0 Å². The van der Waals surface area contributed by atoms with Gasteiger partial charge in [-0.25, -0.2) is 4.98 Å². The number of nitrogens with one attached hydrogen (secondary N) is 2. The number of carbonyl (C=O) groups is 2. The molecular weight excluding hydrogens is 518 g/mol. The summed E-state index contributed by atoms with van der Waals surface area (Å²) in [6.45, 7) is 3.35. The third-order valence-electron chi connectivity index (χ3n) is 8.01. The summed E-state index contributed by atoms with van der Waals surface area (Å²) in [6.07, 6.45) is 5.50. The molecule has 0 saturated carbocycles. The predicted octanol–water partition coefficient (Wildman–Crippen LogP) is 4.52. The SMILES string of the molecule is COc1cccc(C(=O)NC2CC3CCC(C2)N3c2ccc(C(=O)Nc3ccc(OCCN(C)C)cc3)cn2)c1C. The van der Waals surface area contributed by atoms with E-state index in [0.717, 1.165) is 55.1 Å². The first-order chi connectivity index (χ1) is 19.8. The van der Waals surface area contributed by atoms with Crippen molar-refractivity contribution in [3.8, 4) is 11.5 Å². The molecule has 0 radical (unpaired) electrons. The van der Waals surface area contributed by atoms with Gasteiger partial charge < -0.3 is 29.9 Å². The molecule has 2 aromatic carbocycles. The van der Waals surface area contributed by atoms with Crippen LogP contribution in [0, 0.1) is 6.92 Å². The Kier molecular flexibility index (Phi) is 8.73. The van der Waals surface area contributed by atoms with E-state index in [0.29, 0.717) is 35.5 Å². The van der Waals surface area contributed by atoms with E-state index in [1.807, 2.05) is 75.6 Å². The number of pyridine rings is 1. The molecule has 2 bridgehead atoms. The van der Waals surface area contributed by atoms with Crippen LogP contribution >= 0.6 is 0 Å². The summed E-state index contributed by atoms with van der Waals surface area (Å²) in [5.41, 5.74) is 2.70. The molecule has 9 heteroatoms. The Labute approximate surface area is 241 Å². The van der Waals surface area contributed by atoms with Gasteiger partial charge in [0.05, 0.1) is 12.7 Å². The number of aromatic nitrogens is 1. The lowest BCUT2D eigenvalue weighted by Gasteiger charge is -2.40. The average molecular weight is 558 g/mol. The number of methoxy groups -OCH3 is 1. The summed E-state index contributed by atoms with van der Waals surface area (Å²) in [4.78, 5) is 35.0. The summed E-state index contributed by atoms with van der Waals surface area (Å²) in [6, 6.07) is 17.4. The van der Waals surface area contributed by atoms with Gasteiger partial charge >= 0.3 is 0 Å². The summed E-state index contributed by atoms with van der Waals surface area (Å²) < 4.78 is 11.1. The normalized spacial score (nSPS) is 19.6. The lowest BCUT2D eigenvalue weighted by atomic mass is 9.96. The fraction of sp³-hybridized carbons (Fsp3) is 0.406. The summed E-state index contributed by atoms with van der Waals surface area (Å²) in [5, 5.41) is 6.19. The van der Waals surface area contributed by atoms with Crippen molar-refractivity contribution in [2.24, 2.45) is 0 Å². The number of likely N-dealkylation sites (N-methyl/N-ethyl adjacent to an activating group) is 1. The highest BCUT2D eigenvalue weighted by Gasteiger charge is 2.42. The number of benzene rings is 2. The molecule has 3 aromatic rings. The van der Waals surface area contributed by atoms with Gasteiger partial charge in [-0.05, 0) is 95.2 Å². The van der Waals surface area contributed by atoms with Crippen molar-refractivity contribution in [2.45, 2.75) is 50.7 Å². The zero-order chi connectivity index (χ0) is 28.9. The van der Waals surface area contributed by atoms with Crippen molar-refractivity contribution in [3.63, 3.8) is 0 Å². The van der Waals surface area contributed by atoms with E-state index < -0.39 is 0 Å². The van der Waals surface area contributed by atoms with Crippen LogP contribution in [0.3, 0.4) is 0 Å². The Balaban J connectivity index is 1.16. The standard InChI is InChI=1S/C32H39N5O4/c1-21-28(6-5-7-29(21)40-4)32(39)35-24-18-25-11-12-26(19-24)37(25)30-15-8-22(20-33-30)31(38)34-23-9-13-27(14-10-23)41-17-16-36(2)3/h5-10,13-15,20,24-26H,11-12,16-19H2,1-4H3,(H,34,38)(H,35,39). The van der Waals surface area contributed by atoms with Crippen LogP contribution in [0.25, 0.3) is 0 Å². The van der Waals surface area contributed by atoms with E-state index in [1.54, 1.807) is 13.3 Å². The number of anilines is 2. The second-order valence-electron chi connectivity index (χ2n) is 11.1. The van der Waals surface area contributed by atoms with Crippen LogP contribution in [0.1, 0.15) is 52.0 Å². The number of carbonyl (C=O) groups excluding carboxylic acids is 2. The zero-order valence-corrected chi connectivity index (χ0v) is 24.2. The maximum atomic E-state index is 13.1. The van der Waals surface area contributed by atoms with E-state index in [9.17, 15) is 9.59 Å². The molecule has 2 N–H and O–H groups in total. The second-order valence-corrected chi connectivity index (χ2v) is 11.1. The van der Waals surface area contributed by atoms with E-state index in [4.69, 9.17) is 9.47 Å². The number of piperidine rings is 1. The van der Waals surface area contributed by atoms with Crippen molar-refractivity contribution in [1.29, 1.82) is 0 Å². The molecule has 2 amide bonds. The van der Waals surface area contributed by atoms with Crippen molar-refractivity contribution < 1.29 is 19.1 Å². The minimum atomic E-state index is -0.206. The molecule has 0 spiro atoms. The number of hydrogen-bond acceptors (Lipinski definition) is 7. The van der Waals surface area contributed by atoms with E-state index >= 15 is 0 Å². The highest BCUT2D eigenvalue weighted by atomic mass is 16.5. The quantitative estimate of drug-likeness (QED) is 0.378. The molecular formula is C32H39N5O4. The van der Waals surface area contributed by atoms with Crippen LogP contribution < -0.4 is 25.0 Å². The van der Waals surface area contributed by atoms with Crippen LogP contribution in [-0.2, 0) is 0 Å². The van der Waals surface area contributed by atoms with Gasteiger partial charge in [0.2, 0.25) is 0 Å². The van der Waals surface area contributed by atoms with E-state index in [-0.39, 0.29) is 17.9 Å². The van der Waals surface area contributed by atoms with Crippen LogP contribution in [0.5, 0.6) is 11.5 Å². The monoisotopic (exact) mass is 557 g/mol. The van der Waals surface area contributed by atoms with Gasteiger partial charge in [-0.15, -0.1) is 0 Å². The van der Waals surface area contributed by atoms with Gasteiger partial charge in [0, 0.05) is 47.7 Å². The first-order valence-electron chi connectivity index (χ1n) is 14.2. The third kappa shape index (κ3) is 6.62. The first-order valence-corrected chi connectivity index (χ1v) is 14.2. The highest BCUT2D eigenvalue weighted by Crippen LogP contribution is 2.38. The van der Waals surface area contributed by atoms with Crippen molar-refractivity contribution >= 4 is 23.3 Å². The topological polar surface area (TPSA) is 96.0 Å². The Morgan fingerprint density at radius 3 is 2.37 bits per heavy atom. The van der Waals surface area contributed by atoms with E-state index in [2.05, 4.69) is 25.4 Å². The third-order valence-corrected chi connectivity index (χ3v) is 8.01. The number of nitrogens with zero attached hydrogens (tertiary/aromatic N) is 3. The van der Waals surface area contributed by atoms with Gasteiger partial charge in [0.15, 0.2) is 0 Å². The average Bonchev–Trinajstić information content (AvgIpc) is 3.23. The molecule has 2 aliphatic heterocycles. The predicted molar refractivity (Wildman–Crippen MR) is 160 cm³/mol. The molecule has 2 atom stereocenters. The van der Waals surface area contributed by atoms with E-state index in [1.165, 1.54) is 0 Å². The molecule has 41 heavy (non-hydrogen) atoms. The molecule has 2 aliphatic rings. The Morgan fingerprint density at radius 1 is 1.00 bits per heavy atom.